The molecule has 3 N–H and O–H groups in total. The Kier molecular flexibility index (Phi) is 7.24. The lowest BCUT2D eigenvalue weighted by Gasteiger charge is -2.10. The van der Waals surface area contributed by atoms with Crippen LogP contribution in [0.3, 0.4) is 0 Å². The van der Waals surface area contributed by atoms with Crippen molar-refractivity contribution in [1.82, 2.24) is 10.9 Å². The number of benzene rings is 3. The van der Waals surface area contributed by atoms with Gasteiger partial charge in [-0.15, -0.1) is 0 Å². The maximum atomic E-state index is 12.3. The van der Waals surface area contributed by atoms with Crippen LogP contribution in [-0.2, 0) is 4.79 Å². The van der Waals surface area contributed by atoms with E-state index in [-0.39, 0.29) is 12.5 Å². The quantitative estimate of drug-likeness (QED) is 0.512. The molecule has 3 aromatic carbocycles. The lowest BCUT2D eigenvalue weighted by Crippen LogP contribution is -2.43. The average molecular weight is 438 g/mol. The first-order valence-electron chi connectivity index (χ1n) is 9.36. The fraction of sp³-hybridized carbons (Fsp3) is 0.0870. The first-order valence-corrected chi connectivity index (χ1v) is 9.74. The van der Waals surface area contributed by atoms with Gasteiger partial charge in [0.05, 0.1) is 0 Å². The number of hydrogen-bond donors (Lipinski definition) is 3. The van der Waals surface area contributed by atoms with Crippen LogP contribution in [0.5, 0.6) is 5.75 Å². The Morgan fingerprint density at radius 1 is 0.839 bits per heavy atom. The number of ether oxygens (including phenoxy) is 1. The van der Waals surface area contributed by atoms with Crippen LogP contribution in [-0.4, -0.2) is 24.3 Å². The molecule has 0 spiro atoms. The van der Waals surface area contributed by atoms with Gasteiger partial charge in [-0.1, -0.05) is 29.3 Å². The zero-order valence-electron chi connectivity index (χ0n) is 16.6. The Balaban J connectivity index is 1.46. The van der Waals surface area contributed by atoms with E-state index in [2.05, 4.69) is 16.2 Å². The summed E-state index contributed by atoms with van der Waals surface area (Å²) in [6, 6.07) is 20.1. The highest BCUT2D eigenvalue weighted by Gasteiger charge is 2.10. The van der Waals surface area contributed by atoms with Crippen molar-refractivity contribution in [3.8, 4) is 5.75 Å². The second-order valence-corrected chi connectivity index (χ2v) is 7.08. The number of halogens is 1. The largest absolute Gasteiger partial charge is 0.484 e. The maximum absolute atomic E-state index is 12.3. The molecular formula is C23H20ClN3O4. The Morgan fingerprint density at radius 3 is 2.23 bits per heavy atom. The summed E-state index contributed by atoms with van der Waals surface area (Å²) < 4.78 is 5.30. The molecule has 0 saturated heterocycles. The third kappa shape index (κ3) is 6.58. The third-order valence-corrected chi connectivity index (χ3v) is 4.44. The van der Waals surface area contributed by atoms with Crippen molar-refractivity contribution in [3.63, 3.8) is 0 Å². The van der Waals surface area contributed by atoms with Gasteiger partial charge in [0, 0.05) is 21.8 Å². The van der Waals surface area contributed by atoms with E-state index in [0.29, 0.717) is 27.6 Å². The molecule has 0 heterocycles. The van der Waals surface area contributed by atoms with Crippen molar-refractivity contribution in [2.45, 2.75) is 6.92 Å². The Bertz CT molecular complexity index is 1080. The third-order valence-electron chi connectivity index (χ3n) is 4.18. The minimum atomic E-state index is -0.523. The van der Waals surface area contributed by atoms with Gasteiger partial charge in [-0.05, 0) is 67.6 Å². The van der Waals surface area contributed by atoms with Gasteiger partial charge in [-0.3, -0.25) is 25.2 Å². The number of nitrogens with one attached hydrogen (secondary N) is 3. The molecule has 0 aliphatic carbocycles. The Labute approximate surface area is 184 Å². The summed E-state index contributed by atoms with van der Waals surface area (Å²) in [5, 5.41) is 3.33. The SMILES string of the molecule is Cc1cccc(C(=O)Nc2ccc(C(=O)NNC(=O)COc3ccc(Cl)cc3)cc2)c1. The standard InChI is InChI=1S/C23H20ClN3O4/c1-15-3-2-4-17(13-15)22(29)25-19-9-5-16(6-10-19)23(30)27-26-21(28)14-31-20-11-7-18(24)8-12-20/h2-13H,14H2,1H3,(H,25,29)(H,26,28)(H,27,30). The van der Waals surface area contributed by atoms with E-state index in [9.17, 15) is 14.4 Å². The molecule has 0 aliphatic rings. The van der Waals surface area contributed by atoms with Crippen molar-refractivity contribution in [1.29, 1.82) is 0 Å². The summed E-state index contributed by atoms with van der Waals surface area (Å²) >= 11 is 5.78. The van der Waals surface area contributed by atoms with E-state index in [1.807, 2.05) is 19.1 Å². The molecule has 7 nitrogen and oxygen atoms in total. The number of carbonyl (C=O) groups excluding carboxylic acids is 3. The Hall–Kier alpha value is -3.84. The van der Waals surface area contributed by atoms with E-state index in [1.165, 1.54) is 12.1 Å². The van der Waals surface area contributed by atoms with Crippen LogP contribution in [0.1, 0.15) is 26.3 Å². The van der Waals surface area contributed by atoms with Crippen LogP contribution >= 0.6 is 11.6 Å². The normalized spacial score (nSPS) is 10.1. The van der Waals surface area contributed by atoms with Crippen LogP contribution < -0.4 is 20.9 Å². The number of aryl methyl sites for hydroxylation is 1. The fourth-order valence-electron chi connectivity index (χ4n) is 2.61. The van der Waals surface area contributed by atoms with Gasteiger partial charge in [-0.2, -0.15) is 0 Å². The van der Waals surface area contributed by atoms with Gasteiger partial charge in [0.15, 0.2) is 6.61 Å². The monoisotopic (exact) mass is 437 g/mol. The van der Waals surface area contributed by atoms with E-state index in [0.717, 1.165) is 5.56 Å². The van der Waals surface area contributed by atoms with Crippen molar-refractivity contribution < 1.29 is 19.1 Å². The lowest BCUT2D eigenvalue weighted by molar-refractivity contribution is -0.123. The van der Waals surface area contributed by atoms with E-state index >= 15 is 0 Å². The van der Waals surface area contributed by atoms with Crippen LogP contribution in [0.15, 0.2) is 72.8 Å². The van der Waals surface area contributed by atoms with Gasteiger partial charge in [-0.25, -0.2) is 0 Å². The molecule has 0 fully saturated rings. The predicted molar refractivity (Wildman–Crippen MR) is 118 cm³/mol. The van der Waals surface area contributed by atoms with Gasteiger partial charge in [0.1, 0.15) is 5.75 Å². The lowest BCUT2D eigenvalue weighted by atomic mass is 10.1. The minimum Gasteiger partial charge on any atom is -0.484 e. The van der Waals surface area contributed by atoms with Gasteiger partial charge < -0.3 is 10.1 Å². The van der Waals surface area contributed by atoms with Crippen molar-refractivity contribution in [2.75, 3.05) is 11.9 Å². The molecule has 0 saturated carbocycles. The first kappa shape index (κ1) is 21.9. The number of amides is 3. The van der Waals surface area contributed by atoms with Gasteiger partial charge in [0.2, 0.25) is 0 Å². The summed E-state index contributed by atoms with van der Waals surface area (Å²) in [5.41, 5.74) is 6.98. The first-order chi connectivity index (χ1) is 14.9. The molecule has 8 heteroatoms. The highest BCUT2D eigenvalue weighted by molar-refractivity contribution is 6.30. The number of hydrazine groups is 1. The average Bonchev–Trinajstić information content (AvgIpc) is 2.77. The topological polar surface area (TPSA) is 96.5 Å². The van der Waals surface area contributed by atoms with Crippen LogP contribution in [0, 0.1) is 6.92 Å². The van der Waals surface area contributed by atoms with E-state index in [4.69, 9.17) is 16.3 Å². The van der Waals surface area contributed by atoms with E-state index in [1.54, 1.807) is 48.5 Å². The van der Waals surface area contributed by atoms with Crippen LogP contribution in [0.25, 0.3) is 0 Å². The van der Waals surface area contributed by atoms with Crippen molar-refractivity contribution in [3.05, 3.63) is 94.5 Å². The number of carbonyl (C=O) groups is 3. The van der Waals surface area contributed by atoms with Crippen LogP contribution in [0.2, 0.25) is 5.02 Å². The summed E-state index contributed by atoms with van der Waals surface area (Å²) in [6.45, 7) is 1.64. The molecule has 0 aliphatic heterocycles. The summed E-state index contributed by atoms with van der Waals surface area (Å²) in [4.78, 5) is 36.3. The molecule has 0 radical (unpaired) electrons. The van der Waals surface area contributed by atoms with E-state index < -0.39 is 11.8 Å². The molecule has 31 heavy (non-hydrogen) atoms. The molecule has 0 aromatic heterocycles. The molecular weight excluding hydrogens is 418 g/mol. The molecule has 0 bridgehead atoms. The van der Waals surface area contributed by atoms with Crippen molar-refractivity contribution in [2.24, 2.45) is 0 Å². The molecule has 0 atom stereocenters. The second kappa shape index (κ2) is 10.3. The minimum absolute atomic E-state index is 0.242. The van der Waals surface area contributed by atoms with Crippen molar-refractivity contribution >= 4 is 35.0 Å². The van der Waals surface area contributed by atoms with Gasteiger partial charge >= 0.3 is 0 Å². The number of hydrogen-bond acceptors (Lipinski definition) is 4. The maximum Gasteiger partial charge on any atom is 0.276 e. The highest BCUT2D eigenvalue weighted by Crippen LogP contribution is 2.15. The second-order valence-electron chi connectivity index (χ2n) is 6.65. The summed E-state index contributed by atoms with van der Waals surface area (Å²) in [6.07, 6.45) is 0. The smallest absolute Gasteiger partial charge is 0.276 e. The zero-order valence-corrected chi connectivity index (χ0v) is 17.4. The van der Waals surface area contributed by atoms with Gasteiger partial charge in [0.25, 0.3) is 17.7 Å². The molecule has 0 unspecified atom stereocenters. The molecule has 3 aromatic rings. The molecule has 3 amide bonds. The molecule has 158 valence electrons. The van der Waals surface area contributed by atoms with Crippen LogP contribution in [0.4, 0.5) is 5.69 Å². The zero-order chi connectivity index (χ0) is 22.2. The number of anilines is 1. The predicted octanol–water partition coefficient (Wildman–Crippen LogP) is 3.74. The summed E-state index contributed by atoms with van der Waals surface area (Å²) in [7, 11) is 0. The Morgan fingerprint density at radius 2 is 1.55 bits per heavy atom. The highest BCUT2D eigenvalue weighted by atomic mass is 35.5. The molecule has 3 rings (SSSR count). The fourth-order valence-corrected chi connectivity index (χ4v) is 2.73. The number of rotatable bonds is 6. The summed E-state index contributed by atoms with van der Waals surface area (Å²) in [5.74, 6) is -0.787.